The Morgan fingerprint density at radius 1 is 1.28 bits per heavy atom. The molecule has 0 aliphatic rings. The van der Waals surface area contributed by atoms with Gasteiger partial charge in [-0.15, -0.1) is 11.8 Å². The van der Waals surface area contributed by atoms with Crippen LogP contribution in [-0.4, -0.2) is 9.91 Å². The number of thioether (sulfide) groups is 1. The molecular formula is C12H11N3O2S. The Balaban J connectivity index is 2.02. The minimum atomic E-state index is -0.405. The highest BCUT2D eigenvalue weighted by molar-refractivity contribution is 7.98. The molecule has 0 saturated carbocycles. The maximum Gasteiger partial charge on any atom is 0.269 e. The third-order valence-electron chi connectivity index (χ3n) is 2.35. The maximum atomic E-state index is 10.5. The van der Waals surface area contributed by atoms with Crippen LogP contribution < -0.4 is 5.73 Å². The number of hydrogen-bond acceptors (Lipinski definition) is 5. The minimum Gasteiger partial charge on any atom is -0.397 e. The zero-order valence-corrected chi connectivity index (χ0v) is 10.3. The van der Waals surface area contributed by atoms with E-state index in [1.165, 1.54) is 12.1 Å². The number of aromatic nitrogens is 1. The summed E-state index contributed by atoms with van der Waals surface area (Å²) in [6.45, 7) is 0. The molecule has 0 spiro atoms. The first kappa shape index (κ1) is 12.4. The van der Waals surface area contributed by atoms with Gasteiger partial charge >= 0.3 is 0 Å². The number of anilines is 1. The molecule has 1 aromatic heterocycles. The van der Waals surface area contributed by atoms with Gasteiger partial charge in [0.15, 0.2) is 0 Å². The van der Waals surface area contributed by atoms with E-state index in [2.05, 4.69) is 4.98 Å². The topological polar surface area (TPSA) is 82.0 Å². The second-order valence-corrected chi connectivity index (χ2v) is 4.64. The number of nitrogen functional groups attached to an aromatic ring is 1. The summed E-state index contributed by atoms with van der Waals surface area (Å²) in [6.07, 6.45) is 3.30. The number of pyridine rings is 1. The zero-order valence-electron chi connectivity index (χ0n) is 9.45. The van der Waals surface area contributed by atoms with Crippen LogP contribution in [0, 0.1) is 10.1 Å². The molecule has 2 aromatic rings. The molecule has 2 N–H and O–H groups in total. The van der Waals surface area contributed by atoms with Crippen LogP contribution >= 0.6 is 11.8 Å². The summed E-state index contributed by atoms with van der Waals surface area (Å²) >= 11 is 1.58. The van der Waals surface area contributed by atoms with Gasteiger partial charge in [-0.1, -0.05) is 12.1 Å². The van der Waals surface area contributed by atoms with E-state index in [0.29, 0.717) is 11.4 Å². The molecule has 2 rings (SSSR count). The second-order valence-electron chi connectivity index (χ2n) is 3.63. The molecule has 92 valence electrons. The summed E-state index contributed by atoms with van der Waals surface area (Å²) in [5, 5.41) is 10.5. The van der Waals surface area contributed by atoms with Gasteiger partial charge in [-0.05, 0) is 11.6 Å². The smallest absolute Gasteiger partial charge is 0.269 e. The highest BCUT2D eigenvalue weighted by atomic mass is 32.2. The van der Waals surface area contributed by atoms with Crippen molar-refractivity contribution in [1.29, 1.82) is 0 Å². The summed E-state index contributed by atoms with van der Waals surface area (Å²) in [5.41, 5.74) is 7.54. The lowest BCUT2D eigenvalue weighted by Gasteiger charge is -2.04. The molecule has 1 aromatic carbocycles. The van der Waals surface area contributed by atoms with Gasteiger partial charge in [0.05, 0.1) is 16.8 Å². The third kappa shape index (κ3) is 2.98. The summed E-state index contributed by atoms with van der Waals surface area (Å²) in [5.74, 6) is 0.714. The third-order valence-corrected chi connectivity index (χ3v) is 3.51. The number of non-ortho nitro benzene ring substituents is 1. The van der Waals surface area contributed by atoms with Crippen LogP contribution in [0.15, 0.2) is 47.6 Å². The minimum absolute atomic E-state index is 0.104. The van der Waals surface area contributed by atoms with E-state index in [1.54, 1.807) is 36.3 Å². The lowest BCUT2D eigenvalue weighted by atomic mass is 10.2. The lowest BCUT2D eigenvalue weighted by Crippen LogP contribution is -1.90. The molecule has 5 nitrogen and oxygen atoms in total. The molecular weight excluding hydrogens is 250 g/mol. The quantitative estimate of drug-likeness (QED) is 0.520. The van der Waals surface area contributed by atoms with Crippen molar-refractivity contribution in [3.05, 3.63) is 58.4 Å². The number of nitro benzene ring substituents is 1. The molecule has 0 unspecified atom stereocenters. The van der Waals surface area contributed by atoms with Crippen LogP contribution in [0.25, 0.3) is 0 Å². The number of rotatable bonds is 4. The molecule has 0 bridgehead atoms. The summed E-state index contributed by atoms with van der Waals surface area (Å²) in [7, 11) is 0. The molecule has 0 fully saturated rings. The summed E-state index contributed by atoms with van der Waals surface area (Å²) < 4.78 is 0. The van der Waals surface area contributed by atoms with E-state index in [9.17, 15) is 10.1 Å². The number of nitrogens with two attached hydrogens (primary N) is 1. The van der Waals surface area contributed by atoms with Crippen LogP contribution in [0.4, 0.5) is 11.4 Å². The molecule has 0 saturated heterocycles. The maximum absolute atomic E-state index is 10.5. The molecule has 6 heteroatoms. The molecule has 0 amide bonds. The van der Waals surface area contributed by atoms with Crippen molar-refractivity contribution < 1.29 is 4.92 Å². The van der Waals surface area contributed by atoms with Crippen LogP contribution in [0.5, 0.6) is 0 Å². The van der Waals surface area contributed by atoms with Crippen LogP contribution in [0.2, 0.25) is 0 Å². The predicted octanol–water partition coefficient (Wildman–Crippen LogP) is 2.86. The van der Waals surface area contributed by atoms with Crippen LogP contribution in [-0.2, 0) is 5.75 Å². The highest BCUT2D eigenvalue weighted by Gasteiger charge is 2.05. The molecule has 0 radical (unpaired) electrons. The Morgan fingerprint density at radius 3 is 2.61 bits per heavy atom. The fourth-order valence-electron chi connectivity index (χ4n) is 1.40. The van der Waals surface area contributed by atoms with Gasteiger partial charge in [0.25, 0.3) is 5.69 Å². The van der Waals surface area contributed by atoms with E-state index in [4.69, 9.17) is 5.73 Å². The Morgan fingerprint density at radius 2 is 2.00 bits per heavy atom. The zero-order chi connectivity index (χ0) is 13.0. The van der Waals surface area contributed by atoms with Gasteiger partial charge < -0.3 is 5.73 Å². The number of hydrogen-bond donors (Lipinski definition) is 1. The molecule has 1 heterocycles. The van der Waals surface area contributed by atoms with Crippen molar-refractivity contribution in [3.63, 3.8) is 0 Å². The molecule has 18 heavy (non-hydrogen) atoms. The van der Waals surface area contributed by atoms with E-state index in [1.807, 2.05) is 6.07 Å². The second kappa shape index (κ2) is 5.50. The van der Waals surface area contributed by atoms with Gasteiger partial charge in [0.2, 0.25) is 0 Å². The Hall–Kier alpha value is -2.08. The van der Waals surface area contributed by atoms with Crippen molar-refractivity contribution in [2.45, 2.75) is 10.6 Å². The average molecular weight is 261 g/mol. The van der Waals surface area contributed by atoms with Crippen molar-refractivity contribution >= 4 is 23.1 Å². The van der Waals surface area contributed by atoms with Gasteiger partial charge in [-0.25, -0.2) is 0 Å². The average Bonchev–Trinajstić information content (AvgIpc) is 2.38. The van der Waals surface area contributed by atoms with Gasteiger partial charge in [-0.2, -0.15) is 0 Å². The summed E-state index contributed by atoms with van der Waals surface area (Å²) in [4.78, 5) is 15.0. The van der Waals surface area contributed by atoms with E-state index in [-0.39, 0.29) is 5.69 Å². The van der Waals surface area contributed by atoms with Gasteiger partial charge in [0.1, 0.15) is 0 Å². The Bertz CT molecular complexity index is 558. The van der Waals surface area contributed by atoms with Crippen molar-refractivity contribution in [1.82, 2.24) is 4.98 Å². The normalized spacial score (nSPS) is 10.2. The van der Waals surface area contributed by atoms with Crippen molar-refractivity contribution in [3.8, 4) is 0 Å². The first-order valence-corrected chi connectivity index (χ1v) is 6.21. The summed E-state index contributed by atoms with van der Waals surface area (Å²) in [6, 6.07) is 8.37. The number of benzene rings is 1. The van der Waals surface area contributed by atoms with Crippen molar-refractivity contribution in [2.24, 2.45) is 0 Å². The molecule has 0 atom stereocenters. The van der Waals surface area contributed by atoms with Crippen LogP contribution in [0.3, 0.4) is 0 Å². The molecule has 0 aliphatic heterocycles. The van der Waals surface area contributed by atoms with Gasteiger partial charge in [-0.3, -0.25) is 15.1 Å². The Kier molecular flexibility index (Phi) is 3.78. The van der Waals surface area contributed by atoms with E-state index < -0.39 is 4.92 Å². The van der Waals surface area contributed by atoms with E-state index >= 15 is 0 Å². The lowest BCUT2D eigenvalue weighted by molar-refractivity contribution is -0.384. The predicted molar refractivity (Wildman–Crippen MR) is 71.3 cm³/mol. The largest absolute Gasteiger partial charge is 0.397 e. The van der Waals surface area contributed by atoms with Crippen LogP contribution in [0.1, 0.15) is 5.56 Å². The fourth-order valence-corrected chi connectivity index (χ4v) is 2.29. The van der Waals surface area contributed by atoms with Crippen molar-refractivity contribution in [2.75, 3.05) is 5.73 Å². The number of nitro groups is 1. The number of nitrogens with zero attached hydrogens (tertiary/aromatic N) is 2. The van der Waals surface area contributed by atoms with E-state index in [0.717, 1.165) is 10.5 Å². The first-order valence-electron chi connectivity index (χ1n) is 5.22. The van der Waals surface area contributed by atoms with Gasteiger partial charge in [0, 0.05) is 29.0 Å². The monoisotopic (exact) mass is 261 g/mol. The first-order chi connectivity index (χ1) is 8.66. The SMILES string of the molecule is Nc1cnccc1SCc1ccc([N+](=O)[O-])cc1. The fraction of sp³-hybridized carbons (Fsp3) is 0.0833. The highest BCUT2D eigenvalue weighted by Crippen LogP contribution is 2.27. The Labute approximate surface area is 108 Å². The standard InChI is InChI=1S/C12H11N3O2S/c13-11-7-14-6-5-12(11)18-8-9-1-3-10(4-2-9)15(16)17/h1-7H,8,13H2. The molecule has 0 aliphatic carbocycles.